The molecule has 0 fully saturated rings. The number of halogens is 4. The fourth-order valence-electron chi connectivity index (χ4n) is 3.23. The predicted octanol–water partition coefficient (Wildman–Crippen LogP) is 4.42. The van der Waals surface area contributed by atoms with E-state index < -0.39 is 40.3 Å². The van der Waals surface area contributed by atoms with Crippen molar-refractivity contribution in [2.45, 2.75) is 19.5 Å². The Bertz CT molecular complexity index is 1250. The molecular formula is C24H22F4N2O4. The molecule has 3 aromatic rings. The number of aromatic hydroxyl groups is 1. The summed E-state index contributed by atoms with van der Waals surface area (Å²) in [5.41, 5.74) is -2.05. The van der Waals surface area contributed by atoms with Gasteiger partial charge in [0.2, 0.25) is 0 Å². The summed E-state index contributed by atoms with van der Waals surface area (Å²) in [6.07, 6.45) is -4.40. The van der Waals surface area contributed by atoms with Crippen molar-refractivity contribution in [1.29, 1.82) is 0 Å². The van der Waals surface area contributed by atoms with Crippen molar-refractivity contribution in [3.63, 3.8) is 0 Å². The molecule has 0 atom stereocenters. The van der Waals surface area contributed by atoms with E-state index in [1.165, 1.54) is 7.05 Å². The topological polar surface area (TPSA) is 80.6 Å². The SMILES string of the molecule is Cc1ccc(OCCCNC(=O)c2cc(-c3cc(F)cc(C(F)(F)F)c3)n(C)c(=O)c2O)cc1. The lowest BCUT2D eigenvalue weighted by Crippen LogP contribution is -2.29. The maximum absolute atomic E-state index is 13.9. The van der Waals surface area contributed by atoms with Crippen LogP contribution in [0.2, 0.25) is 0 Å². The molecule has 2 aromatic carbocycles. The van der Waals surface area contributed by atoms with Crippen LogP contribution in [0.15, 0.2) is 53.3 Å². The number of hydrogen-bond acceptors (Lipinski definition) is 4. The van der Waals surface area contributed by atoms with Gasteiger partial charge in [0.1, 0.15) is 11.6 Å². The Morgan fingerprint density at radius 3 is 2.44 bits per heavy atom. The quantitative estimate of drug-likeness (QED) is 0.389. The Morgan fingerprint density at radius 2 is 1.79 bits per heavy atom. The normalized spacial score (nSPS) is 11.4. The highest BCUT2D eigenvalue weighted by Crippen LogP contribution is 2.33. The van der Waals surface area contributed by atoms with Gasteiger partial charge in [-0.15, -0.1) is 0 Å². The van der Waals surface area contributed by atoms with E-state index >= 15 is 0 Å². The van der Waals surface area contributed by atoms with Gasteiger partial charge in [0.25, 0.3) is 11.5 Å². The van der Waals surface area contributed by atoms with Gasteiger partial charge in [-0.25, -0.2) is 4.39 Å². The average molecular weight is 478 g/mol. The van der Waals surface area contributed by atoms with Crippen LogP contribution in [0.4, 0.5) is 17.6 Å². The van der Waals surface area contributed by atoms with Crippen LogP contribution in [0, 0.1) is 12.7 Å². The van der Waals surface area contributed by atoms with Crippen LogP contribution in [0.25, 0.3) is 11.3 Å². The van der Waals surface area contributed by atoms with Crippen LogP contribution >= 0.6 is 0 Å². The molecule has 1 amide bonds. The van der Waals surface area contributed by atoms with E-state index in [2.05, 4.69) is 5.32 Å². The van der Waals surface area contributed by atoms with Gasteiger partial charge >= 0.3 is 6.18 Å². The van der Waals surface area contributed by atoms with Gasteiger partial charge in [-0.05, 0) is 49.7 Å². The number of benzene rings is 2. The molecule has 10 heteroatoms. The highest BCUT2D eigenvalue weighted by molar-refractivity contribution is 5.97. The zero-order valence-corrected chi connectivity index (χ0v) is 18.4. The zero-order chi connectivity index (χ0) is 25.0. The van der Waals surface area contributed by atoms with E-state index in [-0.39, 0.29) is 17.8 Å². The Balaban J connectivity index is 1.76. The van der Waals surface area contributed by atoms with Gasteiger partial charge in [-0.2, -0.15) is 13.2 Å². The summed E-state index contributed by atoms with van der Waals surface area (Å²) >= 11 is 0. The molecule has 2 N–H and O–H groups in total. The largest absolute Gasteiger partial charge is 0.502 e. The lowest BCUT2D eigenvalue weighted by molar-refractivity contribution is -0.137. The molecular weight excluding hydrogens is 456 g/mol. The molecule has 0 aliphatic heterocycles. The number of alkyl halides is 3. The first-order chi connectivity index (χ1) is 16.0. The summed E-state index contributed by atoms with van der Waals surface area (Å²) in [6, 6.07) is 10.3. The zero-order valence-electron chi connectivity index (χ0n) is 18.4. The molecule has 1 aromatic heterocycles. The van der Waals surface area contributed by atoms with E-state index in [1.807, 2.05) is 31.2 Å². The van der Waals surface area contributed by atoms with Crippen molar-refractivity contribution in [3.8, 4) is 22.8 Å². The third-order valence-electron chi connectivity index (χ3n) is 5.07. The molecule has 0 aliphatic rings. The molecule has 0 radical (unpaired) electrons. The molecule has 0 bridgehead atoms. The minimum atomic E-state index is -4.81. The van der Waals surface area contributed by atoms with Crippen molar-refractivity contribution in [2.24, 2.45) is 7.05 Å². The van der Waals surface area contributed by atoms with Crippen molar-refractivity contribution >= 4 is 5.91 Å². The van der Waals surface area contributed by atoms with Crippen LogP contribution in [-0.4, -0.2) is 28.7 Å². The Morgan fingerprint density at radius 1 is 1.12 bits per heavy atom. The van der Waals surface area contributed by atoms with Crippen molar-refractivity contribution in [3.05, 3.63) is 81.4 Å². The van der Waals surface area contributed by atoms with Crippen LogP contribution in [0.3, 0.4) is 0 Å². The van der Waals surface area contributed by atoms with Crippen LogP contribution in [0.5, 0.6) is 11.5 Å². The fraction of sp³-hybridized carbons (Fsp3) is 0.250. The third kappa shape index (κ3) is 5.75. The minimum Gasteiger partial charge on any atom is -0.502 e. The third-order valence-corrected chi connectivity index (χ3v) is 5.07. The van der Waals surface area contributed by atoms with E-state index in [0.717, 1.165) is 22.3 Å². The Labute approximate surface area is 192 Å². The summed E-state index contributed by atoms with van der Waals surface area (Å²) < 4.78 is 59.5. The first-order valence-corrected chi connectivity index (χ1v) is 10.3. The van der Waals surface area contributed by atoms with Gasteiger partial charge in [-0.3, -0.25) is 9.59 Å². The van der Waals surface area contributed by atoms with Gasteiger partial charge in [-0.1, -0.05) is 17.7 Å². The van der Waals surface area contributed by atoms with Crippen molar-refractivity contribution in [1.82, 2.24) is 9.88 Å². The maximum atomic E-state index is 13.9. The number of carbonyl (C=O) groups is 1. The van der Waals surface area contributed by atoms with Crippen molar-refractivity contribution in [2.75, 3.05) is 13.2 Å². The Hall–Kier alpha value is -3.82. The number of rotatable bonds is 7. The Kier molecular flexibility index (Phi) is 7.29. The van der Waals surface area contributed by atoms with Crippen LogP contribution in [-0.2, 0) is 13.2 Å². The van der Waals surface area contributed by atoms with E-state index in [0.29, 0.717) is 30.9 Å². The summed E-state index contributed by atoms with van der Waals surface area (Å²) in [5, 5.41) is 12.7. The molecule has 0 aliphatic carbocycles. The standard InChI is InChI=1S/C24H22F4N2O4/c1-14-4-6-18(7-5-14)34-9-3-8-29-22(32)19-13-20(30(2)23(33)21(19)31)15-10-16(24(26,27)28)12-17(25)11-15/h4-7,10-13,31H,3,8-9H2,1-2H3,(H,29,32). The summed E-state index contributed by atoms with van der Waals surface area (Å²) in [5.74, 6) is -2.17. The second-order valence-corrected chi connectivity index (χ2v) is 7.65. The minimum absolute atomic E-state index is 0.146. The second kappa shape index (κ2) is 9.98. The average Bonchev–Trinajstić information content (AvgIpc) is 2.77. The lowest BCUT2D eigenvalue weighted by atomic mass is 10.0. The fourth-order valence-corrected chi connectivity index (χ4v) is 3.23. The first-order valence-electron chi connectivity index (χ1n) is 10.3. The molecule has 6 nitrogen and oxygen atoms in total. The molecule has 0 unspecified atom stereocenters. The van der Waals surface area contributed by atoms with E-state index in [4.69, 9.17) is 4.74 Å². The summed E-state index contributed by atoms with van der Waals surface area (Å²) in [7, 11) is 1.19. The first kappa shape index (κ1) is 24.8. The number of ether oxygens (including phenoxy) is 1. The number of nitrogens with one attached hydrogen (secondary N) is 1. The molecule has 1 heterocycles. The number of pyridine rings is 1. The van der Waals surface area contributed by atoms with E-state index in [1.54, 1.807) is 0 Å². The smallest absolute Gasteiger partial charge is 0.416 e. The number of amides is 1. The number of aryl methyl sites for hydroxylation is 1. The number of aromatic nitrogens is 1. The van der Waals surface area contributed by atoms with Gasteiger partial charge < -0.3 is 19.7 Å². The van der Waals surface area contributed by atoms with Crippen LogP contribution < -0.4 is 15.6 Å². The number of nitrogens with zero attached hydrogens (tertiary/aromatic N) is 1. The number of hydrogen-bond donors (Lipinski definition) is 2. The highest BCUT2D eigenvalue weighted by atomic mass is 19.4. The summed E-state index contributed by atoms with van der Waals surface area (Å²) in [4.78, 5) is 25.0. The maximum Gasteiger partial charge on any atom is 0.416 e. The van der Waals surface area contributed by atoms with Gasteiger partial charge in [0, 0.05) is 19.2 Å². The number of carbonyl (C=O) groups excluding carboxylic acids is 1. The van der Waals surface area contributed by atoms with Gasteiger partial charge in [0.05, 0.1) is 23.4 Å². The second-order valence-electron chi connectivity index (χ2n) is 7.65. The predicted molar refractivity (Wildman–Crippen MR) is 117 cm³/mol. The molecule has 34 heavy (non-hydrogen) atoms. The molecule has 180 valence electrons. The van der Waals surface area contributed by atoms with E-state index in [9.17, 15) is 32.3 Å². The molecule has 0 saturated carbocycles. The summed E-state index contributed by atoms with van der Waals surface area (Å²) in [6.45, 7) is 2.38. The van der Waals surface area contributed by atoms with Gasteiger partial charge in [0.15, 0.2) is 5.75 Å². The van der Waals surface area contributed by atoms with Crippen LogP contribution in [0.1, 0.15) is 27.9 Å². The molecule has 3 rings (SSSR count). The monoisotopic (exact) mass is 478 g/mol. The molecule has 0 spiro atoms. The molecule has 0 saturated heterocycles. The van der Waals surface area contributed by atoms with Crippen molar-refractivity contribution < 1.29 is 32.2 Å². The lowest BCUT2D eigenvalue weighted by Gasteiger charge is -2.15. The highest BCUT2D eigenvalue weighted by Gasteiger charge is 2.32.